The van der Waals surface area contributed by atoms with E-state index in [9.17, 15) is 19.7 Å². The van der Waals surface area contributed by atoms with Gasteiger partial charge in [-0.05, 0) is 17.7 Å². The molecule has 1 aliphatic rings. The van der Waals surface area contributed by atoms with Gasteiger partial charge in [-0.1, -0.05) is 30.3 Å². The lowest BCUT2D eigenvalue weighted by atomic mass is 10.1. The minimum Gasteiger partial charge on any atom is -0.335 e. The fraction of sp³-hybridized carbons (Fsp3) is 0.222. The molecule has 1 heterocycles. The average Bonchev–Trinajstić information content (AvgIpc) is 2.64. The highest BCUT2D eigenvalue weighted by Gasteiger charge is 2.27. The molecular formula is C18H17N3O4. The molecule has 0 bridgehead atoms. The number of hydrogen-bond donors (Lipinski definition) is 0. The quantitative estimate of drug-likeness (QED) is 0.631. The number of nitro benzene ring substituents is 1. The largest absolute Gasteiger partial charge is 0.335 e. The molecule has 0 N–H and O–H groups in total. The number of piperazine rings is 1. The average molecular weight is 339 g/mol. The van der Waals surface area contributed by atoms with Crippen molar-refractivity contribution in [3.8, 4) is 0 Å². The van der Waals surface area contributed by atoms with Gasteiger partial charge in [0.05, 0.1) is 4.92 Å². The number of carbonyl (C=O) groups is 2. The molecule has 25 heavy (non-hydrogen) atoms. The summed E-state index contributed by atoms with van der Waals surface area (Å²) >= 11 is 0. The Labute approximate surface area is 144 Å². The predicted molar refractivity (Wildman–Crippen MR) is 90.9 cm³/mol. The van der Waals surface area contributed by atoms with E-state index in [0.29, 0.717) is 25.2 Å². The summed E-state index contributed by atoms with van der Waals surface area (Å²) in [5.41, 5.74) is 1.32. The maximum absolute atomic E-state index is 12.5. The second-order valence-electron chi connectivity index (χ2n) is 5.83. The van der Waals surface area contributed by atoms with Crippen LogP contribution in [0.15, 0.2) is 54.6 Å². The Hall–Kier alpha value is -3.22. The van der Waals surface area contributed by atoms with Gasteiger partial charge < -0.3 is 9.80 Å². The van der Waals surface area contributed by atoms with Crippen LogP contribution in [-0.4, -0.2) is 46.2 Å². The van der Waals surface area contributed by atoms with Gasteiger partial charge in [0.2, 0.25) is 5.91 Å². The van der Waals surface area contributed by atoms with Crippen molar-refractivity contribution in [2.45, 2.75) is 6.54 Å². The van der Waals surface area contributed by atoms with Gasteiger partial charge >= 0.3 is 0 Å². The first-order valence-electron chi connectivity index (χ1n) is 7.90. The standard InChI is InChI=1S/C18H17N3O4/c22-17-13-20(11-10-19(17)12-14-4-2-1-3-5-14)18(23)15-6-8-16(9-7-15)21(24)25/h1-9H,10-13H2. The third-order valence-corrected chi connectivity index (χ3v) is 4.15. The van der Waals surface area contributed by atoms with E-state index in [1.54, 1.807) is 4.90 Å². The van der Waals surface area contributed by atoms with Gasteiger partial charge in [0.15, 0.2) is 0 Å². The van der Waals surface area contributed by atoms with Gasteiger partial charge in [-0.25, -0.2) is 0 Å². The molecule has 2 aromatic rings. The molecule has 0 aliphatic carbocycles. The van der Waals surface area contributed by atoms with E-state index in [2.05, 4.69) is 0 Å². The van der Waals surface area contributed by atoms with Crippen molar-refractivity contribution in [3.63, 3.8) is 0 Å². The third kappa shape index (κ3) is 3.82. The van der Waals surface area contributed by atoms with Gasteiger partial charge in [0.1, 0.15) is 6.54 Å². The second-order valence-corrected chi connectivity index (χ2v) is 5.83. The van der Waals surface area contributed by atoms with Crippen LogP contribution in [0.1, 0.15) is 15.9 Å². The number of carbonyl (C=O) groups excluding carboxylic acids is 2. The Morgan fingerprint density at radius 3 is 2.32 bits per heavy atom. The fourth-order valence-corrected chi connectivity index (χ4v) is 2.76. The highest BCUT2D eigenvalue weighted by atomic mass is 16.6. The molecule has 0 saturated carbocycles. The van der Waals surface area contributed by atoms with Crippen molar-refractivity contribution in [2.75, 3.05) is 19.6 Å². The van der Waals surface area contributed by atoms with Crippen LogP contribution >= 0.6 is 0 Å². The molecule has 0 spiro atoms. The lowest BCUT2D eigenvalue weighted by Gasteiger charge is -2.34. The third-order valence-electron chi connectivity index (χ3n) is 4.15. The molecule has 2 aromatic carbocycles. The minimum atomic E-state index is -0.514. The first-order valence-corrected chi connectivity index (χ1v) is 7.90. The summed E-state index contributed by atoms with van der Waals surface area (Å²) in [6.45, 7) is 1.45. The highest BCUT2D eigenvalue weighted by Crippen LogP contribution is 2.16. The Bertz CT molecular complexity index is 790. The van der Waals surface area contributed by atoms with E-state index in [1.165, 1.54) is 29.2 Å². The van der Waals surface area contributed by atoms with Crippen LogP contribution in [0.25, 0.3) is 0 Å². The lowest BCUT2D eigenvalue weighted by molar-refractivity contribution is -0.384. The van der Waals surface area contributed by atoms with Crippen molar-refractivity contribution in [1.29, 1.82) is 0 Å². The van der Waals surface area contributed by atoms with Gasteiger partial charge in [-0.2, -0.15) is 0 Å². The SMILES string of the molecule is O=C1CN(C(=O)c2ccc([N+](=O)[O-])cc2)CCN1Cc1ccccc1. The van der Waals surface area contributed by atoms with Gasteiger partial charge in [-0.3, -0.25) is 19.7 Å². The Morgan fingerprint density at radius 1 is 1.04 bits per heavy atom. The molecule has 0 radical (unpaired) electrons. The lowest BCUT2D eigenvalue weighted by Crippen LogP contribution is -2.51. The van der Waals surface area contributed by atoms with E-state index in [-0.39, 0.29) is 24.0 Å². The summed E-state index contributed by atoms with van der Waals surface area (Å²) in [4.78, 5) is 38.2. The van der Waals surface area contributed by atoms with Gasteiger partial charge in [0, 0.05) is 37.3 Å². The molecule has 128 valence electrons. The summed E-state index contributed by atoms with van der Waals surface area (Å²) in [6, 6.07) is 15.1. The van der Waals surface area contributed by atoms with E-state index >= 15 is 0 Å². The fourth-order valence-electron chi connectivity index (χ4n) is 2.76. The maximum Gasteiger partial charge on any atom is 0.269 e. The molecule has 7 heteroatoms. The summed E-state index contributed by atoms with van der Waals surface area (Å²) in [5, 5.41) is 10.7. The van der Waals surface area contributed by atoms with Gasteiger partial charge in [0.25, 0.3) is 11.6 Å². The smallest absolute Gasteiger partial charge is 0.269 e. The van der Waals surface area contributed by atoms with Crippen LogP contribution in [-0.2, 0) is 11.3 Å². The van der Waals surface area contributed by atoms with Crippen LogP contribution in [0.2, 0.25) is 0 Å². The highest BCUT2D eigenvalue weighted by molar-refractivity contribution is 5.97. The van der Waals surface area contributed by atoms with Crippen molar-refractivity contribution < 1.29 is 14.5 Å². The molecular weight excluding hydrogens is 322 g/mol. The zero-order valence-corrected chi connectivity index (χ0v) is 13.5. The van der Waals surface area contributed by atoms with Crippen molar-refractivity contribution in [2.24, 2.45) is 0 Å². The first-order chi connectivity index (χ1) is 12.0. The number of hydrogen-bond acceptors (Lipinski definition) is 4. The number of rotatable bonds is 4. The molecule has 0 aromatic heterocycles. The summed E-state index contributed by atoms with van der Waals surface area (Å²) in [6.07, 6.45) is 0. The predicted octanol–water partition coefficient (Wildman–Crippen LogP) is 2.08. The molecule has 7 nitrogen and oxygen atoms in total. The van der Waals surface area contributed by atoms with E-state index in [1.807, 2.05) is 30.3 Å². The van der Waals surface area contributed by atoms with E-state index in [0.717, 1.165) is 5.56 Å². The van der Waals surface area contributed by atoms with Crippen LogP contribution in [0.3, 0.4) is 0 Å². The van der Waals surface area contributed by atoms with E-state index in [4.69, 9.17) is 0 Å². The topological polar surface area (TPSA) is 83.8 Å². The Morgan fingerprint density at radius 2 is 1.72 bits per heavy atom. The number of nitrogens with zero attached hydrogens (tertiary/aromatic N) is 3. The molecule has 0 unspecified atom stereocenters. The second kappa shape index (κ2) is 7.12. The molecule has 0 atom stereocenters. The van der Waals surface area contributed by atoms with Crippen LogP contribution in [0.5, 0.6) is 0 Å². The Balaban J connectivity index is 1.63. The zero-order chi connectivity index (χ0) is 17.8. The monoisotopic (exact) mass is 339 g/mol. The van der Waals surface area contributed by atoms with Crippen molar-refractivity contribution in [1.82, 2.24) is 9.80 Å². The van der Waals surface area contributed by atoms with Crippen molar-refractivity contribution in [3.05, 3.63) is 75.8 Å². The molecule has 1 fully saturated rings. The normalized spacial score (nSPS) is 14.5. The molecule has 2 amide bonds. The van der Waals surface area contributed by atoms with Crippen LogP contribution in [0, 0.1) is 10.1 Å². The summed E-state index contributed by atoms with van der Waals surface area (Å²) in [5.74, 6) is -0.395. The number of non-ortho nitro benzene ring substituents is 1. The van der Waals surface area contributed by atoms with Crippen LogP contribution < -0.4 is 0 Å². The van der Waals surface area contributed by atoms with E-state index < -0.39 is 4.92 Å². The van der Waals surface area contributed by atoms with Crippen molar-refractivity contribution >= 4 is 17.5 Å². The minimum absolute atomic E-state index is 0.0165. The molecule has 1 aliphatic heterocycles. The first kappa shape index (κ1) is 16.6. The number of amides is 2. The Kier molecular flexibility index (Phi) is 4.74. The number of benzene rings is 2. The maximum atomic E-state index is 12.5. The zero-order valence-electron chi connectivity index (χ0n) is 13.5. The number of nitro groups is 1. The molecule has 1 saturated heterocycles. The summed E-state index contributed by atoms with van der Waals surface area (Å²) < 4.78 is 0. The van der Waals surface area contributed by atoms with Gasteiger partial charge in [-0.15, -0.1) is 0 Å². The molecule has 3 rings (SSSR count). The summed E-state index contributed by atoms with van der Waals surface area (Å²) in [7, 11) is 0. The van der Waals surface area contributed by atoms with Crippen LogP contribution in [0.4, 0.5) is 5.69 Å².